The van der Waals surface area contributed by atoms with E-state index in [0.29, 0.717) is 12.1 Å². The third-order valence-electron chi connectivity index (χ3n) is 3.50. The van der Waals surface area contributed by atoms with Crippen LogP contribution in [0.25, 0.3) is 0 Å². The lowest BCUT2D eigenvalue weighted by molar-refractivity contribution is -0.384. The lowest BCUT2D eigenvalue weighted by Crippen LogP contribution is -2.23. The van der Waals surface area contributed by atoms with Crippen LogP contribution in [0.1, 0.15) is 12.0 Å². The monoisotopic (exact) mass is 331 g/mol. The van der Waals surface area contributed by atoms with Gasteiger partial charge in [0, 0.05) is 18.6 Å². The standard InChI is InChI=1S/C15H13N3O4S/c19-18(20)13-6-8-14(9-7-13)23(21,22)17-11-10-15(16-17)12-4-2-1-3-5-12/h1-9H,10-11H2. The molecule has 23 heavy (non-hydrogen) atoms. The van der Waals surface area contributed by atoms with Crippen LogP contribution < -0.4 is 0 Å². The molecule has 0 radical (unpaired) electrons. The van der Waals surface area contributed by atoms with Crippen molar-refractivity contribution >= 4 is 21.4 Å². The summed E-state index contributed by atoms with van der Waals surface area (Å²) in [5.74, 6) is 0. The smallest absolute Gasteiger partial charge is 0.258 e. The predicted molar refractivity (Wildman–Crippen MR) is 84.6 cm³/mol. The van der Waals surface area contributed by atoms with Gasteiger partial charge in [0.1, 0.15) is 0 Å². The number of nitro benzene ring substituents is 1. The van der Waals surface area contributed by atoms with Gasteiger partial charge in [0.05, 0.1) is 22.1 Å². The molecule has 0 aromatic heterocycles. The Morgan fingerprint density at radius 2 is 1.70 bits per heavy atom. The van der Waals surface area contributed by atoms with E-state index in [0.717, 1.165) is 9.98 Å². The van der Waals surface area contributed by atoms with Crippen LogP contribution in [0.2, 0.25) is 0 Å². The highest BCUT2D eigenvalue weighted by Crippen LogP contribution is 2.24. The molecule has 0 bridgehead atoms. The maximum Gasteiger partial charge on any atom is 0.279 e. The van der Waals surface area contributed by atoms with Crippen LogP contribution in [0.3, 0.4) is 0 Å². The van der Waals surface area contributed by atoms with Crippen molar-refractivity contribution in [1.82, 2.24) is 4.41 Å². The molecule has 2 aromatic carbocycles. The molecule has 1 heterocycles. The van der Waals surface area contributed by atoms with E-state index in [2.05, 4.69) is 5.10 Å². The maximum absolute atomic E-state index is 12.5. The number of hydrogen-bond acceptors (Lipinski definition) is 5. The molecule has 0 saturated carbocycles. The molecular formula is C15H13N3O4S. The van der Waals surface area contributed by atoms with Crippen LogP contribution >= 0.6 is 0 Å². The summed E-state index contributed by atoms with van der Waals surface area (Å²) in [6, 6.07) is 14.2. The lowest BCUT2D eigenvalue weighted by atomic mass is 10.1. The number of rotatable bonds is 4. The van der Waals surface area contributed by atoms with Gasteiger partial charge in [-0.15, -0.1) is 0 Å². The minimum absolute atomic E-state index is 0.0128. The van der Waals surface area contributed by atoms with Gasteiger partial charge in [0.15, 0.2) is 0 Å². The molecule has 0 fully saturated rings. The fourth-order valence-corrected chi connectivity index (χ4v) is 3.57. The molecule has 0 saturated heterocycles. The van der Waals surface area contributed by atoms with Crippen molar-refractivity contribution in [3.8, 4) is 0 Å². The first-order chi connectivity index (χ1) is 11.0. The second-order valence-electron chi connectivity index (χ2n) is 4.96. The Labute approximate surface area is 133 Å². The van der Waals surface area contributed by atoms with Gasteiger partial charge in [-0.3, -0.25) is 10.1 Å². The van der Waals surface area contributed by atoms with Crippen LogP contribution in [0.4, 0.5) is 5.69 Å². The van der Waals surface area contributed by atoms with E-state index >= 15 is 0 Å². The molecule has 3 rings (SSSR count). The van der Waals surface area contributed by atoms with Crippen molar-refractivity contribution in [3.05, 3.63) is 70.3 Å². The van der Waals surface area contributed by atoms with E-state index in [1.165, 1.54) is 24.3 Å². The molecule has 7 nitrogen and oxygen atoms in total. The van der Waals surface area contributed by atoms with Crippen LogP contribution in [-0.2, 0) is 10.0 Å². The molecule has 8 heteroatoms. The molecule has 0 N–H and O–H groups in total. The molecule has 0 amide bonds. The van der Waals surface area contributed by atoms with E-state index in [9.17, 15) is 18.5 Å². The molecule has 0 spiro atoms. The molecular weight excluding hydrogens is 318 g/mol. The summed E-state index contributed by atoms with van der Waals surface area (Å²) >= 11 is 0. The van der Waals surface area contributed by atoms with E-state index in [1.54, 1.807) is 0 Å². The number of hydrogen-bond donors (Lipinski definition) is 0. The summed E-state index contributed by atoms with van der Waals surface area (Å²) in [6.45, 7) is 0.254. The zero-order valence-electron chi connectivity index (χ0n) is 12.0. The fourth-order valence-electron chi connectivity index (χ4n) is 2.30. The first-order valence-electron chi connectivity index (χ1n) is 6.88. The molecule has 2 aromatic rings. The highest BCUT2D eigenvalue weighted by molar-refractivity contribution is 7.89. The number of nitro groups is 1. The summed E-state index contributed by atoms with van der Waals surface area (Å²) in [6.07, 6.45) is 0.524. The zero-order valence-corrected chi connectivity index (χ0v) is 12.8. The van der Waals surface area contributed by atoms with Crippen LogP contribution in [0, 0.1) is 10.1 Å². The summed E-state index contributed by atoms with van der Waals surface area (Å²) < 4.78 is 26.1. The fraction of sp³-hybridized carbons (Fsp3) is 0.133. The molecule has 1 aliphatic heterocycles. The topological polar surface area (TPSA) is 92.9 Å². The van der Waals surface area contributed by atoms with Crippen molar-refractivity contribution in [2.24, 2.45) is 5.10 Å². The lowest BCUT2D eigenvalue weighted by Gasteiger charge is -2.13. The van der Waals surface area contributed by atoms with Crippen molar-refractivity contribution in [3.63, 3.8) is 0 Å². The minimum Gasteiger partial charge on any atom is -0.258 e. The van der Waals surface area contributed by atoms with Crippen LogP contribution in [0.15, 0.2) is 64.6 Å². The first-order valence-corrected chi connectivity index (χ1v) is 8.32. The largest absolute Gasteiger partial charge is 0.279 e. The second-order valence-corrected chi connectivity index (χ2v) is 6.81. The number of nitrogens with zero attached hydrogens (tertiary/aromatic N) is 3. The third-order valence-corrected chi connectivity index (χ3v) is 5.19. The average Bonchev–Trinajstić information content (AvgIpc) is 3.06. The van der Waals surface area contributed by atoms with Gasteiger partial charge < -0.3 is 0 Å². The summed E-state index contributed by atoms with van der Waals surface area (Å²) in [5, 5.41) is 14.8. The number of benzene rings is 2. The van der Waals surface area contributed by atoms with E-state index in [1.807, 2.05) is 30.3 Å². The Balaban J connectivity index is 1.89. The van der Waals surface area contributed by atoms with Crippen molar-refractivity contribution < 1.29 is 13.3 Å². The van der Waals surface area contributed by atoms with Gasteiger partial charge in [0.25, 0.3) is 15.7 Å². The highest BCUT2D eigenvalue weighted by atomic mass is 32.2. The normalized spacial score (nSPS) is 14.6. The minimum atomic E-state index is -3.80. The Kier molecular flexibility index (Phi) is 3.83. The average molecular weight is 331 g/mol. The van der Waals surface area contributed by atoms with Gasteiger partial charge in [-0.1, -0.05) is 30.3 Å². The summed E-state index contributed by atoms with van der Waals surface area (Å²) in [5.41, 5.74) is 1.43. The third kappa shape index (κ3) is 2.93. The van der Waals surface area contributed by atoms with Crippen LogP contribution in [0.5, 0.6) is 0 Å². The Bertz CT molecular complexity index is 861. The van der Waals surface area contributed by atoms with Gasteiger partial charge >= 0.3 is 0 Å². The van der Waals surface area contributed by atoms with E-state index < -0.39 is 14.9 Å². The first kappa shape index (κ1) is 15.2. The molecule has 118 valence electrons. The van der Waals surface area contributed by atoms with E-state index in [-0.39, 0.29) is 17.1 Å². The SMILES string of the molecule is O=[N+]([O-])c1ccc(S(=O)(=O)N2CCC(c3ccccc3)=N2)cc1. The molecule has 0 aliphatic carbocycles. The van der Waals surface area contributed by atoms with Crippen molar-refractivity contribution in [2.45, 2.75) is 11.3 Å². The van der Waals surface area contributed by atoms with Gasteiger partial charge in [-0.05, 0) is 17.7 Å². The molecule has 0 unspecified atom stereocenters. The molecule has 1 aliphatic rings. The molecule has 0 atom stereocenters. The van der Waals surface area contributed by atoms with Crippen molar-refractivity contribution in [2.75, 3.05) is 6.54 Å². The number of sulfonamides is 1. The van der Waals surface area contributed by atoms with Crippen LogP contribution in [-0.4, -0.2) is 30.0 Å². The van der Waals surface area contributed by atoms with Gasteiger partial charge in [-0.25, -0.2) is 0 Å². The maximum atomic E-state index is 12.5. The summed E-state index contributed by atoms with van der Waals surface area (Å²) in [4.78, 5) is 10.1. The summed E-state index contributed by atoms with van der Waals surface area (Å²) in [7, 11) is -3.80. The van der Waals surface area contributed by atoms with Crippen molar-refractivity contribution in [1.29, 1.82) is 0 Å². The zero-order chi connectivity index (χ0) is 16.4. The predicted octanol–water partition coefficient (Wildman–Crippen LogP) is 2.39. The number of non-ortho nitro benzene ring substituents is 1. The highest BCUT2D eigenvalue weighted by Gasteiger charge is 2.28. The Morgan fingerprint density at radius 3 is 2.30 bits per heavy atom. The Hall–Kier alpha value is -2.74. The van der Waals surface area contributed by atoms with Gasteiger partial charge in [-0.2, -0.15) is 17.9 Å². The number of hydrazone groups is 1. The second kappa shape index (κ2) is 5.81. The van der Waals surface area contributed by atoms with E-state index in [4.69, 9.17) is 0 Å². The Morgan fingerprint density at radius 1 is 1.04 bits per heavy atom. The van der Waals surface area contributed by atoms with Gasteiger partial charge in [0.2, 0.25) is 0 Å². The quantitative estimate of drug-likeness (QED) is 0.635.